The van der Waals surface area contributed by atoms with Crippen molar-refractivity contribution in [1.29, 1.82) is 10.5 Å². The molecule has 2 aromatic carbocycles. The van der Waals surface area contributed by atoms with Crippen LogP contribution in [0.5, 0.6) is 11.5 Å². The standard InChI is InChI=1S/C19H14N4O2S/c1-24-18-9-14(22-23-15(10-20)11-21)6-7-17(18)25-12-16-8-13-4-2-3-5-19(13)26-16/h2-9,22H,12H2,1H3. The maximum Gasteiger partial charge on any atom is 0.237 e. The molecule has 0 unspecified atom stereocenters. The highest BCUT2D eigenvalue weighted by atomic mass is 32.1. The number of fused-ring (bicyclic) bond motifs is 1. The first-order valence-corrected chi connectivity index (χ1v) is 8.47. The predicted octanol–water partition coefficient (Wildman–Crippen LogP) is 4.30. The topological polar surface area (TPSA) is 90.4 Å². The Labute approximate surface area is 154 Å². The van der Waals surface area contributed by atoms with Crippen LogP contribution in [0.2, 0.25) is 0 Å². The van der Waals surface area contributed by atoms with Crippen LogP contribution in [0.3, 0.4) is 0 Å². The number of rotatable bonds is 6. The second-order valence-electron chi connectivity index (χ2n) is 5.20. The quantitative estimate of drug-likeness (QED) is 0.521. The highest BCUT2D eigenvalue weighted by molar-refractivity contribution is 7.19. The third kappa shape index (κ3) is 3.92. The maximum atomic E-state index is 8.69. The van der Waals surface area contributed by atoms with E-state index in [0.29, 0.717) is 23.8 Å². The monoisotopic (exact) mass is 362 g/mol. The van der Waals surface area contributed by atoms with Crippen molar-refractivity contribution in [3.8, 4) is 23.6 Å². The van der Waals surface area contributed by atoms with Gasteiger partial charge < -0.3 is 9.47 Å². The van der Waals surface area contributed by atoms with E-state index in [2.05, 4.69) is 28.7 Å². The average molecular weight is 362 g/mol. The number of hydrogen-bond acceptors (Lipinski definition) is 7. The van der Waals surface area contributed by atoms with Gasteiger partial charge in [0.25, 0.3) is 0 Å². The number of hydrazone groups is 1. The Kier molecular flexibility index (Phi) is 5.33. The molecule has 1 heterocycles. The first kappa shape index (κ1) is 17.3. The van der Waals surface area contributed by atoms with Crippen molar-refractivity contribution in [2.24, 2.45) is 5.10 Å². The number of thiophene rings is 1. The molecule has 1 aromatic heterocycles. The van der Waals surface area contributed by atoms with Gasteiger partial charge in [-0.25, -0.2) is 0 Å². The number of nitriles is 2. The van der Waals surface area contributed by atoms with Crippen molar-refractivity contribution in [3.05, 3.63) is 53.4 Å². The fourth-order valence-corrected chi connectivity index (χ4v) is 3.29. The van der Waals surface area contributed by atoms with Crippen molar-refractivity contribution >= 4 is 32.8 Å². The summed E-state index contributed by atoms with van der Waals surface area (Å²) in [6.07, 6.45) is 0. The minimum Gasteiger partial charge on any atom is -0.493 e. The maximum absolute atomic E-state index is 8.69. The van der Waals surface area contributed by atoms with Gasteiger partial charge in [-0.3, -0.25) is 5.43 Å². The SMILES string of the molecule is COc1cc(NN=C(C#N)C#N)ccc1OCc1cc2ccccc2s1. The molecule has 0 atom stereocenters. The smallest absolute Gasteiger partial charge is 0.237 e. The Hall–Kier alpha value is -3.55. The van der Waals surface area contributed by atoms with Crippen LogP contribution in [0.15, 0.2) is 53.6 Å². The molecule has 6 nitrogen and oxygen atoms in total. The lowest BCUT2D eigenvalue weighted by Gasteiger charge is -2.11. The summed E-state index contributed by atoms with van der Waals surface area (Å²) >= 11 is 1.69. The van der Waals surface area contributed by atoms with E-state index in [-0.39, 0.29) is 5.71 Å². The summed E-state index contributed by atoms with van der Waals surface area (Å²) in [5, 5.41) is 22.3. The normalized spacial score (nSPS) is 9.81. The van der Waals surface area contributed by atoms with Gasteiger partial charge in [0.05, 0.1) is 12.8 Å². The third-order valence-corrected chi connectivity index (χ3v) is 4.61. The Morgan fingerprint density at radius 1 is 1.12 bits per heavy atom. The van der Waals surface area contributed by atoms with Crippen molar-refractivity contribution in [1.82, 2.24) is 0 Å². The number of methoxy groups -OCH3 is 1. The molecule has 0 spiro atoms. The third-order valence-electron chi connectivity index (χ3n) is 3.52. The van der Waals surface area contributed by atoms with E-state index in [0.717, 1.165) is 4.88 Å². The molecule has 0 amide bonds. The molecule has 0 saturated carbocycles. The molecule has 3 rings (SSSR count). The number of hydrogen-bond donors (Lipinski definition) is 1. The molecular weight excluding hydrogens is 348 g/mol. The van der Waals surface area contributed by atoms with Crippen LogP contribution in [0.25, 0.3) is 10.1 Å². The van der Waals surface area contributed by atoms with E-state index in [1.165, 1.54) is 10.1 Å². The number of benzene rings is 2. The minimum absolute atomic E-state index is 0.256. The number of anilines is 1. The van der Waals surface area contributed by atoms with Crippen LogP contribution >= 0.6 is 11.3 Å². The van der Waals surface area contributed by atoms with Gasteiger partial charge in [0.15, 0.2) is 11.5 Å². The summed E-state index contributed by atoms with van der Waals surface area (Å²) in [7, 11) is 1.55. The zero-order valence-corrected chi connectivity index (χ0v) is 14.7. The second kappa shape index (κ2) is 8.02. The largest absolute Gasteiger partial charge is 0.493 e. The van der Waals surface area contributed by atoms with Crippen LogP contribution < -0.4 is 14.9 Å². The second-order valence-corrected chi connectivity index (χ2v) is 6.37. The van der Waals surface area contributed by atoms with E-state index in [1.54, 1.807) is 48.8 Å². The van der Waals surface area contributed by atoms with Gasteiger partial charge >= 0.3 is 0 Å². The van der Waals surface area contributed by atoms with Crippen molar-refractivity contribution in [2.45, 2.75) is 6.61 Å². The highest BCUT2D eigenvalue weighted by Gasteiger charge is 2.08. The lowest BCUT2D eigenvalue weighted by Crippen LogP contribution is -1.99. The first-order chi connectivity index (χ1) is 12.7. The van der Waals surface area contributed by atoms with Gasteiger partial charge in [-0.2, -0.15) is 15.6 Å². The molecule has 7 heteroatoms. The van der Waals surface area contributed by atoms with E-state index >= 15 is 0 Å². The lowest BCUT2D eigenvalue weighted by atomic mass is 10.2. The Morgan fingerprint density at radius 3 is 2.65 bits per heavy atom. The molecule has 0 bridgehead atoms. The summed E-state index contributed by atoms with van der Waals surface area (Å²) in [6, 6.07) is 18.9. The molecular formula is C19H14N4O2S. The fourth-order valence-electron chi connectivity index (χ4n) is 2.31. The number of nitrogens with one attached hydrogen (secondary N) is 1. The Morgan fingerprint density at radius 2 is 1.92 bits per heavy atom. The summed E-state index contributed by atoms with van der Waals surface area (Å²) in [5.41, 5.74) is 2.98. The molecule has 0 saturated heterocycles. The molecule has 3 aromatic rings. The average Bonchev–Trinajstić information content (AvgIpc) is 3.10. The van der Waals surface area contributed by atoms with Crippen LogP contribution in [0.4, 0.5) is 5.69 Å². The summed E-state index contributed by atoms with van der Waals surface area (Å²) in [5.74, 6) is 1.13. The van der Waals surface area contributed by atoms with Gasteiger partial charge in [0.2, 0.25) is 5.71 Å². The number of ether oxygens (including phenoxy) is 2. The van der Waals surface area contributed by atoms with Gasteiger partial charge in [0, 0.05) is 15.6 Å². The Bertz CT molecular complexity index is 995. The van der Waals surface area contributed by atoms with Crippen LogP contribution in [-0.2, 0) is 6.61 Å². The van der Waals surface area contributed by atoms with Crippen LogP contribution in [-0.4, -0.2) is 12.8 Å². The molecule has 0 aliphatic rings. The number of nitrogens with zero attached hydrogens (tertiary/aromatic N) is 3. The molecule has 0 radical (unpaired) electrons. The lowest BCUT2D eigenvalue weighted by molar-refractivity contribution is 0.287. The van der Waals surface area contributed by atoms with Crippen LogP contribution in [0, 0.1) is 22.7 Å². The minimum atomic E-state index is -0.256. The zero-order chi connectivity index (χ0) is 18.4. The zero-order valence-electron chi connectivity index (χ0n) is 13.9. The van der Waals surface area contributed by atoms with E-state index in [4.69, 9.17) is 20.0 Å². The fraction of sp³-hybridized carbons (Fsp3) is 0.105. The molecule has 0 aliphatic heterocycles. The molecule has 0 fully saturated rings. The van der Waals surface area contributed by atoms with Gasteiger partial charge in [-0.15, -0.1) is 11.3 Å². The van der Waals surface area contributed by atoms with E-state index in [1.807, 2.05) is 12.1 Å². The van der Waals surface area contributed by atoms with Crippen LogP contribution in [0.1, 0.15) is 4.88 Å². The summed E-state index contributed by atoms with van der Waals surface area (Å²) < 4.78 is 12.5. The summed E-state index contributed by atoms with van der Waals surface area (Å²) in [4.78, 5) is 1.12. The molecule has 128 valence electrons. The molecule has 26 heavy (non-hydrogen) atoms. The van der Waals surface area contributed by atoms with E-state index < -0.39 is 0 Å². The predicted molar refractivity (Wildman–Crippen MR) is 101 cm³/mol. The molecule has 0 aliphatic carbocycles. The van der Waals surface area contributed by atoms with Gasteiger partial charge in [0.1, 0.15) is 18.7 Å². The van der Waals surface area contributed by atoms with Crippen molar-refractivity contribution in [2.75, 3.05) is 12.5 Å². The van der Waals surface area contributed by atoms with Crippen molar-refractivity contribution in [3.63, 3.8) is 0 Å². The van der Waals surface area contributed by atoms with E-state index in [9.17, 15) is 0 Å². The highest BCUT2D eigenvalue weighted by Crippen LogP contribution is 2.32. The van der Waals surface area contributed by atoms with Gasteiger partial charge in [-0.05, 0) is 29.7 Å². The van der Waals surface area contributed by atoms with Gasteiger partial charge in [-0.1, -0.05) is 18.2 Å². The summed E-state index contributed by atoms with van der Waals surface area (Å²) in [6.45, 7) is 0.438. The Balaban J connectivity index is 1.72. The molecule has 1 N–H and O–H groups in total. The first-order valence-electron chi connectivity index (χ1n) is 7.65. The van der Waals surface area contributed by atoms with Crippen molar-refractivity contribution < 1.29 is 9.47 Å².